The zero-order chi connectivity index (χ0) is 21.1. The standard InChI is InChI=1S/C21H17IN4O3S/c22-14-6-8-15(9-7-14)26-19(28)11-16(21(26)29)24-25-18(27)12-30-17-5-1-3-13-4-2-10-23-20(13)17/h1-10,16,24H,11-12H2,(H,25,27). The molecular weight excluding hydrogens is 515 g/mol. The number of aromatic nitrogens is 1. The normalized spacial score (nSPS) is 16.3. The Hall–Kier alpha value is -2.50. The second-order valence-electron chi connectivity index (χ2n) is 6.61. The molecule has 2 aromatic carbocycles. The van der Waals surface area contributed by atoms with E-state index in [0.29, 0.717) is 5.69 Å². The number of hydrogen-bond donors (Lipinski definition) is 2. The van der Waals surface area contributed by atoms with Crippen LogP contribution in [0.3, 0.4) is 0 Å². The minimum absolute atomic E-state index is 0.00845. The highest BCUT2D eigenvalue weighted by Gasteiger charge is 2.39. The van der Waals surface area contributed by atoms with Gasteiger partial charge in [-0.25, -0.2) is 10.3 Å². The molecule has 152 valence electrons. The van der Waals surface area contributed by atoms with Crippen LogP contribution in [0.4, 0.5) is 5.69 Å². The van der Waals surface area contributed by atoms with E-state index < -0.39 is 6.04 Å². The van der Waals surface area contributed by atoms with Gasteiger partial charge in [-0.3, -0.25) is 24.8 Å². The number of amides is 3. The number of thioether (sulfide) groups is 1. The maximum Gasteiger partial charge on any atom is 0.253 e. The molecule has 1 atom stereocenters. The Labute approximate surface area is 190 Å². The van der Waals surface area contributed by atoms with E-state index in [0.717, 1.165) is 24.3 Å². The molecule has 1 unspecified atom stereocenters. The number of hydrazine groups is 1. The third-order valence-corrected chi connectivity index (χ3v) is 6.34. The van der Waals surface area contributed by atoms with Crippen molar-refractivity contribution in [3.8, 4) is 0 Å². The van der Waals surface area contributed by atoms with Crippen molar-refractivity contribution in [2.24, 2.45) is 0 Å². The van der Waals surface area contributed by atoms with Gasteiger partial charge >= 0.3 is 0 Å². The number of imide groups is 1. The van der Waals surface area contributed by atoms with Crippen LogP contribution in [0.1, 0.15) is 6.42 Å². The zero-order valence-electron chi connectivity index (χ0n) is 15.7. The van der Waals surface area contributed by atoms with Gasteiger partial charge in [-0.15, -0.1) is 11.8 Å². The SMILES string of the molecule is O=C(CSc1cccc2cccnc12)NNC1CC(=O)N(c2ccc(I)cc2)C1=O. The first-order valence-corrected chi connectivity index (χ1v) is 11.2. The largest absolute Gasteiger partial charge is 0.290 e. The van der Waals surface area contributed by atoms with Crippen molar-refractivity contribution >= 4 is 68.7 Å². The van der Waals surface area contributed by atoms with Gasteiger partial charge in [-0.1, -0.05) is 18.2 Å². The summed E-state index contributed by atoms with van der Waals surface area (Å²) in [5.74, 6) is -0.823. The molecule has 9 heteroatoms. The van der Waals surface area contributed by atoms with E-state index in [4.69, 9.17) is 0 Å². The summed E-state index contributed by atoms with van der Waals surface area (Å²) in [4.78, 5) is 43.6. The molecule has 0 aliphatic carbocycles. The van der Waals surface area contributed by atoms with Crippen molar-refractivity contribution in [2.45, 2.75) is 17.4 Å². The number of carbonyl (C=O) groups excluding carboxylic acids is 3. The third kappa shape index (κ3) is 4.47. The summed E-state index contributed by atoms with van der Waals surface area (Å²) >= 11 is 3.52. The average molecular weight is 532 g/mol. The molecule has 1 fully saturated rings. The van der Waals surface area contributed by atoms with Crippen LogP contribution in [0.25, 0.3) is 10.9 Å². The van der Waals surface area contributed by atoms with Crippen LogP contribution in [0.15, 0.2) is 65.7 Å². The molecule has 0 radical (unpaired) electrons. The number of hydrogen-bond acceptors (Lipinski definition) is 6. The molecule has 1 aliphatic rings. The van der Waals surface area contributed by atoms with Gasteiger partial charge in [0, 0.05) is 20.0 Å². The zero-order valence-corrected chi connectivity index (χ0v) is 18.6. The van der Waals surface area contributed by atoms with Crippen LogP contribution < -0.4 is 15.8 Å². The van der Waals surface area contributed by atoms with Crippen molar-refractivity contribution in [1.29, 1.82) is 0 Å². The predicted molar refractivity (Wildman–Crippen MR) is 124 cm³/mol. The molecule has 0 bridgehead atoms. The Morgan fingerprint density at radius 2 is 1.90 bits per heavy atom. The summed E-state index contributed by atoms with van der Waals surface area (Å²) in [6.07, 6.45) is 1.71. The molecule has 1 aromatic heterocycles. The Kier molecular flexibility index (Phi) is 6.30. The summed E-state index contributed by atoms with van der Waals surface area (Å²) in [7, 11) is 0. The van der Waals surface area contributed by atoms with E-state index in [1.165, 1.54) is 11.8 Å². The van der Waals surface area contributed by atoms with Gasteiger partial charge in [0.2, 0.25) is 11.8 Å². The highest BCUT2D eigenvalue weighted by atomic mass is 127. The second-order valence-corrected chi connectivity index (χ2v) is 8.88. The van der Waals surface area contributed by atoms with Crippen LogP contribution in [0.5, 0.6) is 0 Å². The van der Waals surface area contributed by atoms with E-state index >= 15 is 0 Å². The minimum atomic E-state index is -0.787. The summed E-state index contributed by atoms with van der Waals surface area (Å²) in [5, 5.41) is 1.01. The number of anilines is 1. The van der Waals surface area contributed by atoms with Crippen molar-refractivity contribution < 1.29 is 14.4 Å². The molecule has 1 aliphatic heterocycles. The number of halogens is 1. The maximum atomic E-state index is 12.6. The van der Waals surface area contributed by atoms with Crippen molar-refractivity contribution in [3.63, 3.8) is 0 Å². The van der Waals surface area contributed by atoms with Crippen molar-refractivity contribution in [3.05, 3.63) is 64.4 Å². The number of rotatable bonds is 6. The van der Waals surface area contributed by atoms with E-state index in [1.807, 2.05) is 42.5 Å². The number of benzene rings is 2. The van der Waals surface area contributed by atoms with Crippen LogP contribution in [-0.2, 0) is 14.4 Å². The van der Waals surface area contributed by atoms with E-state index in [1.54, 1.807) is 18.3 Å². The fourth-order valence-corrected chi connectivity index (χ4v) is 4.35. The number of para-hydroxylation sites is 1. The van der Waals surface area contributed by atoms with E-state index in [2.05, 4.69) is 38.4 Å². The minimum Gasteiger partial charge on any atom is -0.290 e. The fourth-order valence-electron chi connectivity index (χ4n) is 3.15. The summed E-state index contributed by atoms with van der Waals surface area (Å²) in [5.41, 5.74) is 6.62. The van der Waals surface area contributed by atoms with Gasteiger partial charge in [-0.2, -0.15) is 0 Å². The molecule has 0 spiro atoms. The number of fused-ring (bicyclic) bond motifs is 1. The van der Waals surface area contributed by atoms with Crippen LogP contribution >= 0.6 is 34.4 Å². The van der Waals surface area contributed by atoms with Crippen LogP contribution in [0, 0.1) is 3.57 Å². The van der Waals surface area contributed by atoms with Gasteiger partial charge in [-0.05, 0) is 59.0 Å². The van der Waals surface area contributed by atoms with Gasteiger partial charge in [0.15, 0.2) is 0 Å². The summed E-state index contributed by atoms with van der Waals surface area (Å²) in [6.45, 7) is 0. The van der Waals surface area contributed by atoms with Gasteiger partial charge in [0.05, 0.1) is 23.4 Å². The molecule has 2 heterocycles. The summed E-state index contributed by atoms with van der Waals surface area (Å²) < 4.78 is 1.01. The molecular formula is C21H17IN4O3S. The first-order valence-electron chi connectivity index (χ1n) is 9.16. The predicted octanol–water partition coefficient (Wildman–Crippen LogP) is 2.88. The Morgan fingerprint density at radius 1 is 1.13 bits per heavy atom. The number of pyridine rings is 1. The van der Waals surface area contributed by atoms with Gasteiger partial charge < -0.3 is 0 Å². The first kappa shape index (κ1) is 20.8. The molecule has 7 nitrogen and oxygen atoms in total. The molecule has 4 rings (SSSR count). The fraction of sp³-hybridized carbons (Fsp3) is 0.143. The molecule has 30 heavy (non-hydrogen) atoms. The molecule has 1 saturated heterocycles. The van der Waals surface area contributed by atoms with Gasteiger partial charge in [0.1, 0.15) is 6.04 Å². The Morgan fingerprint density at radius 3 is 2.70 bits per heavy atom. The molecule has 3 aromatic rings. The summed E-state index contributed by atoms with van der Waals surface area (Å²) in [6, 6.07) is 16.0. The van der Waals surface area contributed by atoms with Crippen molar-refractivity contribution in [2.75, 3.05) is 10.7 Å². The number of carbonyl (C=O) groups is 3. The quantitative estimate of drug-likeness (QED) is 0.220. The third-order valence-electron chi connectivity index (χ3n) is 4.57. The number of nitrogens with zero attached hydrogens (tertiary/aromatic N) is 2. The maximum absolute atomic E-state index is 12.6. The monoisotopic (exact) mass is 532 g/mol. The molecule has 3 amide bonds. The van der Waals surface area contributed by atoms with Crippen molar-refractivity contribution in [1.82, 2.24) is 15.8 Å². The lowest BCUT2D eigenvalue weighted by Crippen LogP contribution is -2.48. The Balaban J connectivity index is 1.33. The topological polar surface area (TPSA) is 91.4 Å². The van der Waals surface area contributed by atoms with Gasteiger partial charge in [0.25, 0.3) is 5.91 Å². The van der Waals surface area contributed by atoms with E-state index in [-0.39, 0.29) is 29.9 Å². The highest BCUT2D eigenvalue weighted by Crippen LogP contribution is 2.26. The molecule has 2 N–H and O–H groups in total. The van der Waals surface area contributed by atoms with E-state index in [9.17, 15) is 14.4 Å². The van der Waals surface area contributed by atoms with Crippen LogP contribution in [-0.4, -0.2) is 34.5 Å². The average Bonchev–Trinajstić information content (AvgIpc) is 3.04. The lowest BCUT2D eigenvalue weighted by atomic mass is 10.2. The Bertz CT molecular complexity index is 1120. The second kappa shape index (κ2) is 9.11. The first-order chi connectivity index (χ1) is 14.5. The smallest absolute Gasteiger partial charge is 0.253 e. The molecule has 0 saturated carbocycles. The highest BCUT2D eigenvalue weighted by molar-refractivity contribution is 14.1. The van der Waals surface area contributed by atoms with Crippen LogP contribution in [0.2, 0.25) is 0 Å². The number of nitrogens with one attached hydrogen (secondary N) is 2. The lowest BCUT2D eigenvalue weighted by molar-refractivity contribution is -0.122. The lowest BCUT2D eigenvalue weighted by Gasteiger charge is -2.16.